The molecule has 0 N–H and O–H groups in total. The molecular formula is C35H42Si. The topological polar surface area (TPSA) is 0 Å². The molecule has 0 nitrogen and oxygen atoms in total. The number of hydrogen-bond donors (Lipinski definition) is 0. The van der Waals surface area contributed by atoms with E-state index in [0.717, 1.165) is 6.42 Å². The molecule has 186 valence electrons. The lowest BCUT2D eigenvalue weighted by Gasteiger charge is -2.18. The molecule has 0 saturated carbocycles. The van der Waals surface area contributed by atoms with Gasteiger partial charge >= 0.3 is 0 Å². The summed E-state index contributed by atoms with van der Waals surface area (Å²) < 4.78 is 0. The van der Waals surface area contributed by atoms with E-state index in [-0.39, 0.29) is 9.52 Å². The summed E-state index contributed by atoms with van der Waals surface area (Å²) in [5.41, 5.74) is 13.3. The first-order valence-corrected chi connectivity index (χ1v) is 15.7. The van der Waals surface area contributed by atoms with Crippen molar-refractivity contribution in [1.29, 1.82) is 0 Å². The first kappa shape index (κ1) is 25.0. The molecule has 0 spiro atoms. The Morgan fingerprint density at radius 2 is 1.22 bits per heavy atom. The van der Waals surface area contributed by atoms with Crippen molar-refractivity contribution < 1.29 is 0 Å². The van der Waals surface area contributed by atoms with E-state index < -0.39 is 0 Å². The predicted octanol–water partition coefficient (Wildman–Crippen LogP) is 8.05. The fourth-order valence-electron chi connectivity index (χ4n) is 6.45. The molecule has 0 fully saturated rings. The average Bonchev–Trinajstić information content (AvgIpc) is 3.31. The van der Waals surface area contributed by atoms with E-state index in [1.165, 1.54) is 51.4 Å². The van der Waals surface area contributed by atoms with Crippen LogP contribution in [0.4, 0.5) is 0 Å². The highest BCUT2D eigenvalue weighted by Gasteiger charge is 2.25. The molecule has 2 aliphatic rings. The lowest BCUT2D eigenvalue weighted by molar-refractivity contribution is 0.647. The smallest absolute Gasteiger partial charge is 0.0556 e. The van der Waals surface area contributed by atoms with Crippen LogP contribution in [0.15, 0.2) is 71.8 Å². The van der Waals surface area contributed by atoms with Gasteiger partial charge in [0.05, 0.1) is 9.52 Å². The molecule has 5 rings (SSSR count). The molecule has 0 aromatic heterocycles. The largest absolute Gasteiger partial charge is 0.0669 e. The molecule has 36 heavy (non-hydrogen) atoms. The number of hydrogen-bond acceptors (Lipinski definition) is 0. The molecule has 1 heteroatoms. The molecule has 0 saturated heterocycles. The van der Waals surface area contributed by atoms with Gasteiger partial charge in [0.1, 0.15) is 0 Å². The molecule has 0 radical (unpaired) electrons. The van der Waals surface area contributed by atoms with Gasteiger partial charge in [0.2, 0.25) is 0 Å². The average molecular weight is 491 g/mol. The second kappa shape index (κ2) is 10.4. The second-order valence-corrected chi connectivity index (χ2v) is 14.1. The van der Waals surface area contributed by atoms with Crippen LogP contribution >= 0.6 is 0 Å². The highest BCUT2D eigenvalue weighted by atomic mass is 28.2. The van der Waals surface area contributed by atoms with Crippen LogP contribution in [0.25, 0.3) is 12.2 Å². The van der Waals surface area contributed by atoms with Gasteiger partial charge < -0.3 is 0 Å². The summed E-state index contributed by atoms with van der Waals surface area (Å²) in [6.07, 6.45) is 7.18. The zero-order valence-corrected chi connectivity index (χ0v) is 24.5. The number of benzene rings is 3. The van der Waals surface area contributed by atoms with E-state index >= 15 is 0 Å². The van der Waals surface area contributed by atoms with E-state index in [4.69, 9.17) is 0 Å². The van der Waals surface area contributed by atoms with Crippen molar-refractivity contribution in [3.8, 4) is 0 Å². The van der Waals surface area contributed by atoms with Gasteiger partial charge in [-0.1, -0.05) is 117 Å². The molecule has 0 amide bonds. The third-order valence-corrected chi connectivity index (χ3v) is 10.00. The summed E-state index contributed by atoms with van der Waals surface area (Å²) in [5.74, 6) is 2.43. The maximum absolute atomic E-state index is 2.44. The first-order chi connectivity index (χ1) is 17.3. The maximum atomic E-state index is 2.44. The van der Waals surface area contributed by atoms with Gasteiger partial charge in [-0.25, -0.2) is 0 Å². The Morgan fingerprint density at radius 1 is 0.667 bits per heavy atom. The molecule has 2 unspecified atom stereocenters. The SMILES string of the molecule is CC1=Cc2cc(CC(C)C)ccc2C1C[SiH2]c1ccc(C2C(C)=Cc3cc(CC(C)C)ccc32)cc1. The highest BCUT2D eigenvalue weighted by molar-refractivity contribution is 6.53. The van der Waals surface area contributed by atoms with E-state index in [0.29, 0.717) is 23.7 Å². The van der Waals surface area contributed by atoms with Crippen LogP contribution < -0.4 is 5.19 Å². The van der Waals surface area contributed by atoms with Crippen molar-refractivity contribution in [2.75, 3.05) is 0 Å². The molecule has 3 aromatic rings. The zero-order valence-electron chi connectivity index (χ0n) is 23.1. The summed E-state index contributed by atoms with van der Waals surface area (Å²) in [4.78, 5) is 0. The fourth-order valence-corrected chi connectivity index (χ4v) is 8.41. The Bertz CT molecular complexity index is 1300. The van der Waals surface area contributed by atoms with Crippen LogP contribution in [0.1, 0.15) is 92.3 Å². The van der Waals surface area contributed by atoms with Gasteiger partial charge in [0.25, 0.3) is 0 Å². The Morgan fingerprint density at radius 3 is 1.83 bits per heavy atom. The van der Waals surface area contributed by atoms with Crippen LogP contribution in [-0.2, 0) is 12.8 Å². The summed E-state index contributed by atoms with van der Waals surface area (Å²) in [6, 6.07) is 25.4. The van der Waals surface area contributed by atoms with Gasteiger partial charge in [-0.2, -0.15) is 0 Å². The lowest BCUT2D eigenvalue weighted by Crippen LogP contribution is -2.17. The molecule has 2 aliphatic carbocycles. The molecule has 0 bridgehead atoms. The van der Waals surface area contributed by atoms with Gasteiger partial charge in [-0.15, -0.1) is 0 Å². The fraction of sp³-hybridized carbons (Fsp3) is 0.371. The maximum Gasteiger partial charge on any atom is 0.0556 e. The van der Waals surface area contributed by atoms with Gasteiger partial charge in [-0.3, -0.25) is 0 Å². The Kier molecular flexibility index (Phi) is 7.22. The van der Waals surface area contributed by atoms with E-state index in [9.17, 15) is 0 Å². The Balaban J connectivity index is 1.27. The van der Waals surface area contributed by atoms with Crippen molar-refractivity contribution in [1.82, 2.24) is 0 Å². The standard InChI is InChI=1S/C35H42Si/c1-22(2)15-26-7-13-32-29(19-26)17-24(5)34(32)21-36-31-11-9-28(10-12-31)35-25(6)18-30-20-27(16-23(3)4)8-14-33(30)35/h7-14,17-20,22-23,34-35H,15-16,21,36H2,1-6H3. The number of allylic oxidation sites excluding steroid dienone is 2. The van der Waals surface area contributed by atoms with Crippen LogP contribution in [-0.4, -0.2) is 9.52 Å². The zero-order chi connectivity index (χ0) is 25.4. The Labute approximate surface area is 221 Å². The highest BCUT2D eigenvalue weighted by Crippen LogP contribution is 2.41. The van der Waals surface area contributed by atoms with Crippen molar-refractivity contribution >= 4 is 26.9 Å². The van der Waals surface area contributed by atoms with E-state index in [1.807, 2.05) is 0 Å². The summed E-state index contributed by atoms with van der Waals surface area (Å²) in [7, 11) is -0.322. The molecule has 0 heterocycles. The Hall–Kier alpha value is -2.64. The van der Waals surface area contributed by atoms with Crippen LogP contribution in [0, 0.1) is 11.8 Å². The molecule has 2 atom stereocenters. The normalized spacial score (nSPS) is 18.8. The van der Waals surface area contributed by atoms with Crippen molar-refractivity contribution in [3.05, 3.63) is 111 Å². The predicted molar refractivity (Wildman–Crippen MR) is 161 cm³/mol. The molecular weight excluding hydrogens is 448 g/mol. The molecule has 3 aromatic carbocycles. The van der Waals surface area contributed by atoms with Crippen LogP contribution in [0.5, 0.6) is 0 Å². The lowest BCUT2D eigenvalue weighted by atomic mass is 9.88. The minimum Gasteiger partial charge on any atom is -0.0669 e. The number of rotatable bonds is 8. The third kappa shape index (κ3) is 5.23. The summed E-state index contributed by atoms with van der Waals surface area (Å²) in [6.45, 7) is 13.9. The third-order valence-electron chi connectivity index (χ3n) is 8.08. The van der Waals surface area contributed by atoms with Gasteiger partial charge in [-0.05, 0) is 83.5 Å². The summed E-state index contributed by atoms with van der Waals surface area (Å²) in [5, 5.41) is 1.59. The first-order valence-electron chi connectivity index (χ1n) is 14.0. The van der Waals surface area contributed by atoms with Crippen molar-refractivity contribution in [2.24, 2.45) is 11.8 Å². The summed E-state index contributed by atoms with van der Waals surface area (Å²) >= 11 is 0. The molecule has 0 aliphatic heterocycles. The van der Waals surface area contributed by atoms with Gasteiger partial charge in [0.15, 0.2) is 0 Å². The quantitative estimate of drug-likeness (QED) is 0.280. The minimum atomic E-state index is -0.322. The monoisotopic (exact) mass is 490 g/mol. The van der Waals surface area contributed by atoms with E-state index in [1.54, 1.807) is 16.3 Å². The van der Waals surface area contributed by atoms with E-state index in [2.05, 4.69) is 114 Å². The van der Waals surface area contributed by atoms with Crippen LogP contribution in [0.3, 0.4) is 0 Å². The van der Waals surface area contributed by atoms with Crippen molar-refractivity contribution in [3.63, 3.8) is 0 Å². The number of fused-ring (bicyclic) bond motifs is 2. The van der Waals surface area contributed by atoms with Gasteiger partial charge in [0, 0.05) is 11.8 Å². The minimum absolute atomic E-state index is 0.322. The van der Waals surface area contributed by atoms with Crippen LogP contribution in [0.2, 0.25) is 6.04 Å². The second-order valence-electron chi connectivity index (χ2n) is 12.2. The van der Waals surface area contributed by atoms with Crippen molar-refractivity contribution in [2.45, 2.75) is 72.3 Å².